The molecule has 7 heteroatoms. The highest BCUT2D eigenvalue weighted by molar-refractivity contribution is 6.07. The zero-order chi connectivity index (χ0) is 16.3. The van der Waals surface area contributed by atoms with Crippen molar-refractivity contribution in [3.8, 4) is 0 Å². The third kappa shape index (κ3) is 3.55. The van der Waals surface area contributed by atoms with E-state index in [1.54, 1.807) is 31.1 Å². The molecule has 0 saturated heterocycles. The molecule has 1 N–H and O–H groups in total. The Balaban J connectivity index is 2.27. The van der Waals surface area contributed by atoms with Crippen LogP contribution in [0.5, 0.6) is 0 Å². The van der Waals surface area contributed by atoms with Crippen molar-refractivity contribution in [1.82, 2.24) is 4.98 Å². The molecule has 0 spiro atoms. The number of benzene rings is 1. The lowest BCUT2D eigenvalue weighted by molar-refractivity contribution is -0.137. The number of alkyl halides is 3. The van der Waals surface area contributed by atoms with Crippen LogP contribution in [0.1, 0.15) is 15.9 Å². The molecule has 1 amide bonds. The summed E-state index contributed by atoms with van der Waals surface area (Å²) in [5, 5.41) is 2.46. The summed E-state index contributed by atoms with van der Waals surface area (Å²) in [6.07, 6.45) is -2.92. The number of hydrogen-bond acceptors (Lipinski definition) is 3. The molecule has 116 valence electrons. The van der Waals surface area contributed by atoms with Gasteiger partial charge in [0.1, 0.15) is 5.82 Å². The fourth-order valence-electron chi connectivity index (χ4n) is 1.90. The fourth-order valence-corrected chi connectivity index (χ4v) is 1.90. The SMILES string of the molecule is CN(C)c1ncccc1C(=O)Nc1cccc(C(F)(F)F)c1. The fraction of sp³-hybridized carbons (Fsp3) is 0.200. The standard InChI is InChI=1S/C15H14F3N3O/c1-21(2)13-12(7-4-8-19-13)14(22)20-11-6-3-5-10(9-11)15(16,17)18/h3-9H,1-2H3,(H,20,22). The lowest BCUT2D eigenvalue weighted by atomic mass is 10.1. The van der Waals surface area contributed by atoms with Gasteiger partial charge in [0.05, 0.1) is 11.1 Å². The van der Waals surface area contributed by atoms with E-state index in [1.165, 1.54) is 18.3 Å². The number of nitrogens with one attached hydrogen (secondary N) is 1. The number of nitrogens with zero attached hydrogens (tertiary/aromatic N) is 2. The molecule has 0 bridgehead atoms. The maximum atomic E-state index is 12.7. The summed E-state index contributed by atoms with van der Waals surface area (Å²) in [4.78, 5) is 18.0. The molecular weight excluding hydrogens is 295 g/mol. The Morgan fingerprint density at radius 2 is 1.91 bits per heavy atom. The lowest BCUT2D eigenvalue weighted by Gasteiger charge is -2.15. The Bertz CT molecular complexity index is 684. The molecule has 0 radical (unpaired) electrons. The molecule has 0 atom stereocenters. The second kappa shape index (κ2) is 6.05. The minimum absolute atomic E-state index is 0.0772. The Morgan fingerprint density at radius 3 is 2.55 bits per heavy atom. The van der Waals surface area contributed by atoms with Crippen LogP contribution in [0.15, 0.2) is 42.6 Å². The van der Waals surface area contributed by atoms with E-state index in [-0.39, 0.29) is 11.3 Å². The van der Waals surface area contributed by atoms with Crippen LogP contribution < -0.4 is 10.2 Å². The smallest absolute Gasteiger partial charge is 0.362 e. The molecule has 22 heavy (non-hydrogen) atoms. The van der Waals surface area contributed by atoms with E-state index in [9.17, 15) is 18.0 Å². The molecule has 0 aliphatic rings. The average Bonchev–Trinajstić information content (AvgIpc) is 2.46. The number of halogens is 3. The summed E-state index contributed by atoms with van der Waals surface area (Å²) >= 11 is 0. The first-order chi connectivity index (χ1) is 10.3. The Hall–Kier alpha value is -2.57. The van der Waals surface area contributed by atoms with Crippen molar-refractivity contribution in [3.05, 3.63) is 53.7 Å². The van der Waals surface area contributed by atoms with Gasteiger partial charge in [0.15, 0.2) is 0 Å². The minimum atomic E-state index is -4.45. The molecule has 0 aliphatic heterocycles. The molecule has 0 saturated carbocycles. The number of anilines is 2. The maximum absolute atomic E-state index is 12.7. The van der Waals surface area contributed by atoms with Crippen LogP contribution in [0.4, 0.5) is 24.7 Å². The largest absolute Gasteiger partial charge is 0.416 e. The first kappa shape index (κ1) is 15.8. The summed E-state index contributed by atoms with van der Waals surface area (Å²) < 4.78 is 38.0. The highest BCUT2D eigenvalue weighted by Gasteiger charge is 2.30. The van der Waals surface area contributed by atoms with Crippen LogP contribution in [0.25, 0.3) is 0 Å². The molecular formula is C15H14F3N3O. The van der Waals surface area contributed by atoms with Gasteiger partial charge in [0, 0.05) is 26.0 Å². The minimum Gasteiger partial charge on any atom is -0.362 e. The van der Waals surface area contributed by atoms with Crippen molar-refractivity contribution >= 4 is 17.4 Å². The average molecular weight is 309 g/mol. The molecule has 1 aromatic carbocycles. The van der Waals surface area contributed by atoms with Gasteiger partial charge < -0.3 is 10.2 Å². The van der Waals surface area contributed by atoms with E-state index in [0.29, 0.717) is 5.82 Å². The number of hydrogen-bond donors (Lipinski definition) is 1. The van der Waals surface area contributed by atoms with Crippen molar-refractivity contribution in [1.29, 1.82) is 0 Å². The molecule has 1 aromatic heterocycles. The predicted octanol–water partition coefficient (Wildman–Crippen LogP) is 3.42. The van der Waals surface area contributed by atoms with Crippen molar-refractivity contribution in [2.75, 3.05) is 24.3 Å². The Kier molecular flexibility index (Phi) is 4.35. The predicted molar refractivity (Wildman–Crippen MR) is 78.0 cm³/mol. The van der Waals surface area contributed by atoms with E-state index >= 15 is 0 Å². The summed E-state index contributed by atoms with van der Waals surface area (Å²) in [6, 6.07) is 7.64. The van der Waals surface area contributed by atoms with Crippen molar-refractivity contribution in [3.63, 3.8) is 0 Å². The van der Waals surface area contributed by atoms with E-state index in [4.69, 9.17) is 0 Å². The first-order valence-corrected chi connectivity index (χ1v) is 6.40. The van der Waals surface area contributed by atoms with Crippen molar-refractivity contribution in [2.45, 2.75) is 6.18 Å². The molecule has 0 fully saturated rings. The van der Waals surface area contributed by atoms with Gasteiger partial charge in [-0.3, -0.25) is 4.79 Å². The van der Waals surface area contributed by atoms with Crippen LogP contribution in [-0.4, -0.2) is 25.0 Å². The Labute approximate surface area is 125 Å². The number of rotatable bonds is 3. The Morgan fingerprint density at radius 1 is 1.18 bits per heavy atom. The van der Waals surface area contributed by atoms with Crippen molar-refractivity contribution in [2.24, 2.45) is 0 Å². The summed E-state index contributed by atoms with van der Waals surface area (Å²) in [5.41, 5.74) is -0.456. The first-order valence-electron chi connectivity index (χ1n) is 6.40. The summed E-state index contributed by atoms with van der Waals surface area (Å²) in [5.74, 6) is -0.0805. The molecule has 2 aromatic rings. The van der Waals surface area contributed by atoms with E-state index in [0.717, 1.165) is 12.1 Å². The highest BCUT2D eigenvalue weighted by Crippen LogP contribution is 2.30. The van der Waals surface area contributed by atoms with Gasteiger partial charge in [-0.1, -0.05) is 6.07 Å². The molecule has 1 heterocycles. The number of amides is 1. The van der Waals surface area contributed by atoms with Crippen LogP contribution >= 0.6 is 0 Å². The zero-order valence-electron chi connectivity index (χ0n) is 12.0. The lowest BCUT2D eigenvalue weighted by Crippen LogP contribution is -2.19. The summed E-state index contributed by atoms with van der Waals surface area (Å²) in [6.45, 7) is 0. The van der Waals surface area contributed by atoms with Gasteiger partial charge in [0.25, 0.3) is 5.91 Å². The summed E-state index contributed by atoms with van der Waals surface area (Å²) in [7, 11) is 3.45. The van der Waals surface area contributed by atoms with Crippen LogP contribution in [0, 0.1) is 0 Å². The topological polar surface area (TPSA) is 45.2 Å². The van der Waals surface area contributed by atoms with Gasteiger partial charge in [0.2, 0.25) is 0 Å². The van der Waals surface area contributed by atoms with Gasteiger partial charge in [-0.15, -0.1) is 0 Å². The van der Waals surface area contributed by atoms with Crippen LogP contribution in [-0.2, 0) is 6.18 Å². The zero-order valence-corrected chi connectivity index (χ0v) is 12.0. The van der Waals surface area contributed by atoms with Gasteiger partial charge in [-0.05, 0) is 30.3 Å². The van der Waals surface area contributed by atoms with E-state index in [2.05, 4.69) is 10.3 Å². The normalized spacial score (nSPS) is 11.1. The number of aromatic nitrogens is 1. The van der Waals surface area contributed by atoms with E-state index < -0.39 is 17.6 Å². The highest BCUT2D eigenvalue weighted by atomic mass is 19.4. The monoisotopic (exact) mass is 309 g/mol. The molecule has 4 nitrogen and oxygen atoms in total. The number of carbonyl (C=O) groups excluding carboxylic acids is 1. The van der Waals surface area contributed by atoms with Gasteiger partial charge in [-0.2, -0.15) is 13.2 Å². The second-order valence-electron chi connectivity index (χ2n) is 4.80. The molecule has 0 unspecified atom stereocenters. The van der Waals surface area contributed by atoms with Gasteiger partial charge >= 0.3 is 6.18 Å². The van der Waals surface area contributed by atoms with Crippen LogP contribution in [0.2, 0.25) is 0 Å². The number of pyridine rings is 1. The third-order valence-corrected chi connectivity index (χ3v) is 2.90. The quantitative estimate of drug-likeness (QED) is 0.945. The number of carbonyl (C=O) groups is 1. The van der Waals surface area contributed by atoms with Crippen LogP contribution in [0.3, 0.4) is 0 Å². The van der Waals surface area contributed by atoms with Gasteiger partial charge in [-0.25, -0.2) is 4.98 Å². The van der Waals surface area contributed by atoms with Crippen molar-refractivity contribution < 1.29 is 18.0 Å². The maximum Gasteiger partial charge on any atom is 0.416 e. The molecule has 0 aliphatic carbocycles. The second-order valence-corrected chi connectivity index (χ2v) is 4.80. The third-order valence-electron chi connectivity index (χ3n) is 2.90. The van der Waals surface area contributed by atoms with E-state index in [1.807, 2.05) is 0 Å². The molecule has 2 rings (SSSR count).